The number of carbonyl (C=O) groups excluding carboxylic acids is 2. The molecule has 1 unspecified atom stereocenters. The van der Waals surface area contributed by atoms with Gasteiger partial charge in [-0.1, -0.05) is 18.5 Å². The normalized spacial score (nSPS) is 11.5. The quantitative estimate of drug-likeness (QED) is 0.713. The average molecular weight is 357 g/mol. The molecule has 0 aromatic heterocycles. The number of hydrogen-bond donors (Lipinski definition) is 2. The van der Waals surface area contributed by atoms with Crippen molar-refractivity contribution in [2.45, 2.75) is 39.7 Å². The molecule has 0 spiro atoms. The fourth-order valence-electron chi connectivity index (χ4n) is 1.98. The zero-order chi connectivity index (χ0) is 18.1. The zero-order valence-electron chi connectivity index (χ0n) is 14.6. The maximum Gasteiger partial charge on any atom is 0.251 e. The fourth-order valence-corrected chi connectivity index (χ4v) is 2.24. The topological polar surface area (TPSA) is 76.7 Å². The van der Waals surface area contributed by atoms with Crippen molar-refractivity contribution in [1.82, 2.24) is 10.6 Å². The molecule has 1 aromatic carbocycles. The lowest BCUT2D eigenvalue weighted by Crippen LogP contribution is -2.35. The molecule has 134 valence electrons. The Morgan fingerprint density at radius 2 is 2.00 bits per heavy atom. The van der Waals surface area contributed by atoms with Crippen LogP contribution in [-0.4, -0.2) is 38.1 Å². The molecule has 0 aliphatic rings. The number of halogens is 1. The molecule has 1 atom stereocenters. The first-order valence-corrected chi connectivity index (χ1v) is 8.38. The van der Waals surface area contributed by atoms with Crippen LogP contribution in [0.25, 0.3) is 0 Å². The SMILES string of the molecule is CCOc1c(Cl)cc(C(=O)NCCC(=O)NC(C)CC)cc1OC. The predicted molar refractivity (Wildman–Crippen MR) is 94.0 cm³/mol. The minimum absolute atomic E-state index is 0.0908. The molecule has 0 heterocycles. The van der Waals surface area contributed by atoms with E-state index in [1.165, 1.54) is 13.2 Å². The molecule has 0 aliphatic heterocycles. The smallest absolute Gasteiger partial charge is 0.251 e. The number of hydrogen-bond acceptors (Lipinski definition) is 4. The molecule has 7 heteroatoms. The van der Waals surface area contributed by atoms with Gasteiger partial charge in [0.15, 0.2) is 11.5 Å². The van der Waals surface area contributed by atoms with Crippen LogP contribution in [0, 0.1) is 0 Å². The van der Waals surface area contributed by atoms with E-state index in [-0.39, 0.29) is 30.8 Å². The number of nitrogens with one attached hydrogen (secondary N) is 2. The Morgan fingerprint density at radius 1 is 1.29 bits per heavy atom. The van der Waals surface area contributed by atoms with E-state index in [9.17, 15) is 9.59 Å². The number of methoxy groups -OCH3 is 1. The van der Waals surface area contributed by atoms with E-state index in [0.717, 1.165) is 6.42 Å². The highest BCUT2D eigenvalue weighted by Crippen LogP contribution is 2.36. The van der Waals surface area contributed by atoms with Gasteiger partial charge in [0.05, 0.1) is 18.7 Å². The van der Waals surface area contributed by atoms with E-state index in [0.29, 0.717) is 28.7 Å². The summed E-state index contributed by atoms with van der Waals surface area (Å²) >= 11 is 6.14. The lowest BCUT2D eigenvalue weighted by molar-refractivity contribution is -0.121. The van der Waals surface area contributed by atoms with E-state index in [1.54, 1.807) is 6.07 Å². The zero-order valence-corrected chi connectivity index (χ0v) is 15.3. The van der Waals surface area contributed by atoms with Crippen molar-refractivity contribution in [3.63, 3.8) is 0 Å². The summed E-state index contributed by atoms with van der Waals surface area (Å²) in [6.07, 6.45) is 1.08. The van der Waals surface area contributed by atoms with E-state index >= 15 is 0 Å². The molecule has 0 radical (unpaired) electrons. The minimum atomic E-state index is -0.324. The lowest BCUT2D eigenvalue weighted by atomic mass is 10.2. The third kappa shape index (κ3) is 5.92. The second-order valence-electron chi connectivity index (χ2n) is 5.31. The van der Waals surface area contributed by atoms with Gasteiger partial charge in [0.25, 0.3) is 5.91 Å². The Bertz CT molecular complexity index is 578. The monoisotopic (exact) mass is 356 g/mol. The van der Waals surface area contributed by atoms with E-state index in [2.05, 4.69) is 10.6 Å². The van der Waals surface area contributed by atoms with Crippen molar-refractivity contribution in [2.75, 3.05) is 20.3 Å². The maximum atomic E-state index is 12.2. The molecule has 0 saturated heterocycles. The summed E-state index contributed by atoms with van der Waals surface area (Å²) in [5.74, 6) is 0.386. The van der Waals surface area contributed by atoms with Crippen LogP contribution in [0.4, 0.5) is 0 Å². The number of amides is 2. The van der Waals surface area contributed by atoms with Gasteiger partial charge in [0, 0.05) is 24.6 Å². The minimum Gasteiger partial charge on any atom is -0.493 e. The molecule has 0 aliphatic carbocycles. The number of rotatable bonds is 9. The molecule has 2 N–H and O–H groups in total. The Labute approximate surface area is 147 Å². The van der Waals surface area contributed by atoms with Gasteiger partial charge in [-0.2, -0.15) is 0 Å². The van der Waals surface area contributed by atoms with Crippen LogP contribution >= 0.6 is 11.6 Å². The second kappa shape index (κ2) is 10.0. The number of ether oxygens (including phenoxy) is 2. The van der Waals surface area contributed by atoms with Crippen LogP contribution in [0.15, 0.2) is 12.1 Å². The van der Waals surface area contributed by atoms with Gasteiger partial charge in [-0.15, -0.1) is 0 Å². The summed E-state index contributed by atoms with van der Waals surface area (Å²) in [6.45, 7) is 6.45. The van der Waals surface area contributed by atoms with Crippen molar-refractivity contribution >= 4 is 23.4 Å². The molecule has 1 rings (SSSR count). The molecule has 6 nitrogen and oxygen atoms in total. The van der Waals surface area contributed by atoms with Crippen LogP contribution in [0.1, 0.15) is 44.0 Å². The Kier molecular flexibility index (Phi) is 8.40. The van der Waals surface area contributed by atoms with Gasteiger partial charge < -0.3 is 20.1 Å². The standard InChI is InChI=1S/C17H25ClN2O4/c1-5-11(3)20-15(21)7-8-19-17(22)12-9-13(18)16(24-6-2)14(10-12)23-4/h9-11H,5-8H2,1-4H3,(H,19,22)(H,20,21). The first-order chi connectivity index (χ1) is 11.4. The molecule has 2 amide bonds. The van der Waals surface area contributed by atoms with Crippen LogP contribution in [0.2, 0.25) is 5.02 Å². The third-order valence-corrected chi connectivity index (χ3v) is 3.72. The first kappa shape index (κ1) is 20.1. The van der Waals surface area contributed by atoms with Crippen LogP contribution in [-0.2, 0) is 4.79 Å². The largest absolute Gasteiger partial charge is 0.493 e. The van der Waals surface area contributed by atoms with Gasteiger partial charge in [-0.25, -0.2) is 0 Å². The van der Waals surface area contributed by atoms with E-state index in [1.807, 2.05) is 20.8 Å². The Morgan fingerprint density at radius 3 is 2.58 bits per heavy atom. The van der Waals surface area contributed by atoms with Crippen molar-refractivity contribution in [3.05, 3.63) is 22.7 Å². The van der Waals surface area contributed by atoms with Crippen molar-refractivity contribution in [3.8, 4) is 11.5 Å². The molecular weight excluding hydrogens is 332 g/mol. The molecular formula is C17H25ClN2O4. The number of carbonyl (C=O) groups is 2. The Hall–Kier alpha value is -1.95. The van der Waals surface area contributed by atoms with Gasteiger partial charge >= 0.3 is 0 Å². The summed E-state index contributed by atoms with van der Waals surface area (Å²) in [7, 11) is 1.48. The lowest BCUT2D eigenvalue weighted by Gasteiger charge is -2.14. The van der Waals surface area contributed by atoms with Gasteiger partial charge in [0.2, 0.25) is 5.91 Å². The van der Waals surface area contributed by atoms with Gasteiger partial charge in [-0.05, 0) is 32.4 Å². The molecule has 0 saturated carbocycles. The van der Waals surface area contributed by atoms with Crippen LogP contribution < -0.4 is 20.1 Å². The fraction of sp³-hybridized carbons (Fsp3) is 0.529. The summed E-state index contributed by atoms with van der Waals surface area (Å²) in [5, 5.41) is 5.84. The molecule has 1 aromatic rings. The van der Waals surface area contributed by atoms with E-state index in [4.69, 9.17) is 21.1 Å². The maximum absolute atomic E-state index is 12.2. The predicted octanol–water partition coefficient (Wildman–Crippen LogP) is 2.78. The second-order valence-corrected chi connectivity index (χ2v) is 5.71. The van der Waals surface area contributed by atoms with Crippen molar-refractivity contribution in [1.29, 1.82) is 0 Å². The van der Waals surface area contributed by atoms with Gasteiger partial charge in [-0.3, -0.25) is 9.59 Å². The van der Waals surface area contributed by atoms with Crippen molar-refractivity contribution < 1.29 is 19.1 Å². The third-order valence-electron chi connectivity index (χ3n) is 3.44. The highest BCUT2D eigenvalue weighted by molar-refractivity contribution is 6.32. The van der Waals surface area contributed by atoms with Crippen molar-refractivity contribution in [2.24, 2.45) is 0 Å². The molecule has 24 heavy (non-hydrogen) atoms. The van der Waals surface area contributed by atoms with E-state index < -0.39 is 0 Å². The summed E-state index contributed by atoms with van der Waals surface area (Å²) < 4.78 is 10.6. The first-order valence-electron chi connectivity index (χ1n) is 8.00. The Balaban J connectivity index is 2.65. The summed E-state index contributed by atoms with van der Waals surface area (Å²) in [5.41, 5.74) is 0.350. The highest BCUT2D eigenvalue weighted by atomic mass is 35.5. The van der Waals surface area contributed by atoms with Crippen LogP contribution in [0.5, 0.6) is 11.5 Å². The van der Waals surface area contributed by atoms with Gasteiger partial charge in [0.1, 0.15) is 0 Å². The highest BCUT2D eigenvalue weighted by Gasteiger charge is 2.16. The average Bonchev–Trinajstić information content (AvgIpc) is 2.56. The summed E-state index contributed by atoms with van der Waals surface area (Å²) in [6, 6.07) is 3.21. The number of benzene rings is 1. The molecule has 0 fully saturated rings. The molecule has 0 bridgehead atoms. The van der Waals surface area contributed by atoms with Crippen LogP contribution in [0.3, 0.4) is 0 Å². The summed E-state index contributed by atoms with van der Waals surface area (Å²) in [4.78, 5) is 23.9.